The van der Waals surface area contributed by atoms with Gasteiger partial charge >= 0.3 is 5.97 Å². The molecule has 10 heteroatoms. The Morgan fingerprint density at radius 1 is 1.04 bits per heavy atom. The van der Waals surface area contributed by atoms with Crippen LogP contribution in [0.4, 0.5) is 0 Å². The Kier molecular flexibility index (Phi) is 11.9. The van der Waals surface area contributed by atoms with Crippen molar-refractivity contribution >= 4 is 11.8 Å². The molecule has 0 aromatic rings. The molecule has 9 atom stereocenters. The Bertz CT molecular complexity index is 1020. The third-order valence-electron chi connectivity index (χ3n) is 11.5. The lowest BCUT2D eigenvalue weighted by Crippen LogP contribution is -2.59. The van der Waals surface area contributed by atoms with Gasteiger partial charge in [0.2, 0.25) is 0 Å². The number of aliphatic hydroxyl groups is 1. The van der Waals surface area contributed by atoms with Gasteiger partial charge in [-0.05, 0) is 112 Å². The van der Waals surface area contributed by atoms with Crippen LogP contribution >= 0.6 is 0 Å². The molecule has 0 amide bonds. The summed E-state index contributed by atoms with van der Waals surface area (Å²) in [5.74, 6) is -0.0606. The minimum atomic E-state index is -1.39. The summed E-state index contributed by atoms with van der Waals surface area (Å²) in [4.78, 5) is 34.7. The van der Waals surface area contributed by atoms with Gasteiger partial charge in [0.1, 0.15) is 18.1 Å². The third kappa shape index (κ3) is 8.30. The van der Waals surface area contributed by atoms with E-state index < -0.39 is 41.4 Å². The zero-order valence-corrected chi connectivity index (χ0v) is 30.0. The van der Waals surface area contributed by atoms with Crippen LogP contribution in [0.25, 0.3) is 0 Å². The summed E-state index contributed by atoms with van der Waals surface area (Å²) in [5.41, 5.74) is -2.29. The number of esters is 1. The van der Waals surface area contributed by atoms with Crippen molar-refractivity contribution in [2.75, 3.05) is 55.0 Å². The first-order valence-electron chi connectivity index (χ1n) is 17.3. The molecule has 0 aromatic heterocycles. The first-order chi connectivity index (χ1) is 21.0. The normalized spacial score (nSPS) is 42.4. The van der Waals surface area contributed by atoms with E-state index in [0.717, 1.165) is 25.3 Å². The van der Waals surface area contributed by atoms with Crippen LogP contribution in [-0.4, -0.2) is 135 Å². The quantitative estimate of drug-likeness (QED) is 0.315. The molecule has 2 aliphatic heterocycles. The molecule has 2 saturated carbocycles. The van der Waals surface area contributed by atoms with Gasteiger partial charge in [0.05, 0.1) is 17.8 Å². The summed E-state index contributed by atoms with van der Waals surface area (Å²) >= 11 is 0. The maximum Gasteiger partial charge on any atom is 0.319 e. The number of Topliss-reactive ketones (excluding diaryl/α,β-unsaturated/α-hetero) is 1. The van der Waals surface area contributed by atoms with E-state index in [4.69, 9.17) is 18.9 Å². The summed E-state index contributed by atoms with van der Waals surface area (Å²) < 4.78 is 25.1. The molecule has 2 saturated heterocycles. The van der Waals surface area contributed by atoms with Crippen LogP contribution in [0.5, 0.6) is 0 Å². The SMILES string of the molecule is CO[C@]1(C)C[C@@H](C)CN(C)[C@H](C2CC(N(C)CC3CC3)C2)COC(=O)C(C)(C)C(=O)[C@H](C)[C@H]1O[C@@H]1O[C@H](C)C[C@H](N(C)C)[C@H]1O. The second kappa shape index (κ2) is 14.5. The second-order valence-corrected chi connectivity index (χ2v) is 16.1. The molecular formula is C35H63N3O7. The molecule has 0 radical (unpaired) electrons. The maximum absolute atomic E-state index is 14.2. The molecule has 260 valence electrons. The topological polar surface area (TPSA) is 101 Å². The highest BCUT2D eigenvalue weighted by Crippen LogP contribution is 2.41. The molecule has 1 N–H and O–H groups in total. The lowest BCUT2D eigenvalue weighted by Gasteiger charge is -2.48. The van der Waals surface area contributed by atoms with E-state index >= 15 is 0 Å². The molecule has 0 bridgehead atoms. The molecule has 4 fully saturated rings. The lowest BCUT2D eigenvalue weighted by molar-refractivity contribution is -0.295. The number of ether oxygens (including phenoxy) is 4. The first kappa shape index (κ1) is 36.7. The van der Waals surface area contributed by atoms with Crippen molar-refractivity contribution in [3.63, 3.8) is 0 Å². The summed E-state index contributed by atoms with van der Waals surface area (Å²) in [6, 6.07) is 0.480. The van der Waals surface area contributed by atoms with Gasteiger partial charge in [-0.2, -0.15) is 0 Å². The van der Waals surface area contributed by atoms with Gasteiger partial charge in [0, 0.05) is 44.2 Å². The van der Waals surface area contributed by atoms with Crippen molar-refractivity contribution in [2.24, 2.45) is 29.1 Å². The average molecular weight is 638 g/mol. The summed E-state index contributed by atoms with van der Waals surface area (Å²) in [6.45, 7) is 13.5. The Hall–Kier alpha value is -1.14. The van der Waals surface area contributed by atoms with E-state index in [1.165, 1.54) is 19.4 Å². The number of hydrogen-bond donors (Lipinski definition) is 1. The Morgan fingerprint density at radius 3 is 2.27 bits per heavy atom. The number of ketones is 1. The van der Waals surface area contributed by atoms with Crippen LogP contribution in [0.1, 0.15) is 80.1 Å². The third-order valence-corrected chi connectivity index (χ3v) is 11.5. The smallest absolute Gasteiger partial charge is 0.319 e. The Balaban J connectivity index is 1.59. The van der Waals surface area contributed by atoms with Gasteiger partial charge in [0.15, 0.2) is 12.1 Å². The molecule has 2 heterocycles. The second-order valence-electron chi connectivity index (χ2n) is 16.1. The molecule has 2 aliphatic carbocycles. The number of likely N-dealkylation sites (N-methyl/N-ethyl adjacent to an activating group) is 2. The fourth-order valence-corrected chi connectivity index (χ4v) is 8.22. The van der Waals surface area contributed by atoms with Crippen LogP contribution in [0.2, 0.25) is 0 Å². The van der Waals surface area contributed by atoms with Crippen molar-refractivity contribution in [1.29, 1.82) is 0 Å². The van der Waals surface area contributed by atoms with Crippen molar-refractivity contribution in [1.82, 2.24) is 14.7 Å². The van der Waals surface area contributed by atoms with Crippen molar-refractivity contribution in [3.05, 3.63) is 0 Å². The van der Waals surface area contributed by atoms with E-state index in [1.54, 1.807) is 27.9 Å². The van der Waals surface area contributed by atoms with Gasteiger partial charge in [-0.25, -0.2) is 0 Å². The van der Waals surface area contributed by atoms with Crippen molar-refractivity contribution in [2.45, 2.75) is 128 Å². The number of carbonyl (C=O) groups is 2. The zero-order valence-electron chi connectivity index (χ0n) is 30.0. The minimum absolute atomic E-state index is 0.0714. The summed E-state index contributed by atoms with van der Waals surface area (Å²) in [5, 5.41) is 11.3. The molecule has 4 rings (SSSR count). The van der Waals surface area contributed by atoms with Crippen LogP contribution in [0.3, 0.4) is 0 Å². The van der Waals surface area contributed by atoms with Crippen LogP contribution in [0.15, 0.2) is 0 Å². The van der Waals surface area contributed by atoms with Crippen molar-refractivity contribution < 1.29 is 33.6 Å². The van der Waals surface area contributed by atoms with Crippen molar-refractivity contribution in [3.8, 4) is 0 Å². The molecule has 0 unspecified atom stereocenters. The van der Waals surface area contributed by atoms with Crippen LogP contribution in [-0.2, 0) is 28.5 Å². The standard InChI is InChI=1S/C35H63N3O7/c1-21-17-35(6,42-11)31(45-32-29(39)27(36(7)8)14-22(2)44-32)23(3)30(40)34(4,5)33(41)43-20-28(38(10)18-21)25-15-26(16-25)37(9)19-24-12-13-24/h21-29,31-32,39H,12-20H2,1-11H3/t21-,22-,23+,25?,26?,27+,28+,29-,31-,32+,35-/m1/s1. The number of rotatable bonds is 8. The van der Waals surface area contributed by atoms with Gasteiger partial charge in [-0.3, -0.25) is 14.5 Å². The Morgan fingerprint density at radius 2 is 1.69 bits per heavy atom. The minimum Gasteiger partial charge on any atom is -0.463 e. The zero-order chi connectivity index (χ0) is 33.4. The monoisotopic (exact) mass is 637 g/mol. The Labute approximate surface area is 272 Å². The number of carbonyl (C=O) groups excluding carboxylic acids is 2. The van der Waals surface area contributed by atoms with E-state index in [0.29, 0.717) is 24.8 Å². The predicted octanol–water partition coefficient (Wildman–Crippen LogP) is 3.44. The molecule has 0 spiro atoms. The van der Waals surface area contributed by atoms with Gasteiger partial charge < -0.3 is 33.9 Å². The van der Waals surface area contributed by atoms with Gasteiger partial charge in [-0.1, -0.05) is 13.8 Å². The number of aliphatic hydroxyl groups excluding tert-OH is 1. The number of nitrogens with zero attached hydrogens (tertiary/aromatic N) is 3. The largest absolute Gasteiger partial charge is 0.463 e. The van der Waals surface area contributed by atoms with E-state index in [9.17, 15) is 14.7 Å². The molecular weight excluding hydrogens is 574 g/mol. The first-order valence-corrected chi connectivity index (χ1v) is 17.3. The fraction of sp³-hybridized carbons (Fsp3) is 0.943. The van der Waals surface area contributed by atoms with E-state index in [2.05, 4.69) is 30.8 Å². The highest BCUT2D eigenvalue weighted by Gasteiger charge is 2.52. The van der Waals surface area contributed by atoms with Crippen LogP contribution < -0.4 is 0 Å². The molecule has 0 aromatic carbocycles. The van der Waals surface area contributed by atoms with Gasteiger partial charge in [-0.15, -0.1) is 0 Å². The van der Waals surface area contributed by atoms with Gasteiger partial charge in [0.25, 0.3) is 0 Å². The summed E-state index contributed by atoms with van der Waals surface area (Å²) in [7, 11) is 9.89. The molecule has 45 heavy (non-hydrogen) atoms. The lowest BCUT2D eigenvalue weighted by atomic mass is 9.74. The van der Waals surface area contributed by atoms with Crippen LogP contribution in [0, 0.1) is 29.1 Å². The highest BCUT2D eigenvalue weighted by atomic mass is 16.7. The van der Waals surface area contributed by atoms with E-state index in [1.807, 2.05) is 32.8 Å². The molecule has 4 aliphatic rings. The summed E-state index contributed by atoms with van der Waals surface area (Å²) in [6.07, 6.45) is 3.36. The molecule has 10 nitrogen and oxygen atoms in total. The predicted molar refractivity (Wildman–Crippen MR) is 174 cm³/mol. The number of cyclic esters (lactones) is 1. The maximum atomic E-state index is 14.2. The van der Waals surface area contributed by atoms with E-state index in [-0.39, 0.29) is 36.5 Å². The number of methoxy groups -OCH3 is 1. The highest BCUT2D eigenvalue weighted by molar-refractivity contribution is 6.04. The average Bonchev–Trinajstić information content (AvgIpc) is 3.75. The number of hydrogen-bond acceptors (Lipinski definition) is 10. The fourth-order valence-electron chi connectivity index (χ4n) is 8.22.